The van der Waals surface area contributed by atoms with Crippen LogP contribution >= 0.6 is 0 Å². The third kappa shape index (κ3) is 12.4. The summed E-state index contributed by atoms with van der Waals surface area (Å²) in [6.07, 6.45) is 0. The van der Waals surface area contributed by atoms with Crippen molar-refractivity contribution < 1.29 is 0 Å². The van der Waals surface area contributed by atoms with E-state index < -0.39 is 0 Å². The smallest absolute Gasteiger partial charge is 0.0541 e. The van der Waals surface area contributed by atoms with E-state index in [2.05, 4.69) is 496 Å². The zero-order valence-corrected chi connectivity index (χ0v) is 70.5. The average Bonchev–Trinajstić information content (AvgIpc) is 1.61. The number of benzene rings is 20. The summed E-state index contributed by atoms with van der Waals surface area (Å²) < 4.78 is 4.75. The second kappa shape index (κ2) is 29.5. The van der Waals surface area contributed by atoms with Gasteiger partial charge in [0.25, 0.3) is 0 Å². The van der Waals surface area contributed by atoms with Crippen LogP contribution in [0.1, 0.15) is 49.9 Å². The highest BCUT2D eigenvalue weighted by atomic mass is 15.1. The minimum Gasteiger partial charge on any atom is -0.310 e. The summed E-state index contributed by atoms with van der Waals surface area (Å²) in [4.78, 5) is 4.88. The van der Waals surface area contributed by atoms with Crippen molar-refractivity contribution in [3.05, 3.63) is 471 Å². The topological polar surface area (TPSA) is 16.3 Å². The van der Waals surface area contributed by atoms with Crippen molar-refractivity contribution in [2.45, 2.75) is 38.5 Å². The van der Waals surface area contributed by atoms with Crippen molar-refractivity contribution in [1.82, 2.24) is 9.13 Å². The molecule has 0 amide bonds. The maximum Gasteiger partial charge on any atom is 0.0541 e. The van der Waals surface area contributed by atoms with Gasteiger partial charge >= 0.3 is 0 Å². The van der Waals surface area contributed by atoms with Gasteiger partial charge in [-0.2, -0.15) is 0 Å². The zero-order chi connectivity index (χ0) is 83.9. The van der Waals surface area contributed by atoms with E-state index in [0.717, 1.165) is 51.1 Å². The van der Waals surface area contributed by atoms with E-state index in [1.165, 1.54) is 182 Å². The molecule has 0 saturated heterocycles. The van der Waals surface area contributed by atoms with Crippen molar-refractivity contribution in [1.29, 1.82) is 0 Å². The average molecular weight is 1610 g/mol. The Balaban J connectivity index is 0.515. The van der Waals surface area contributed by atoms with Gasteiger partial charge in [-0.05, 0) is 302 Å². The Morgan fingerprint density at radius 3 is 0.976 bits per heavy atom. The van der Waals surface area contributed by atoms with Crippen LogP contribution in [0.5, 0.6) is 0 Å². The van der Waals surface area contributed by atoms with E-state index >= 15 is 0 Å². The van der Waals surface area contributed by atoms with Crippen molar-refractivity contribution in [2.75, 3.05) is 9.80 Å². The fourth-order valence-corrected chi connectivity index (χ4v) is 20.7. The predicted molar refractivity (Wildman–Crippen MR) is 533 cm³/mol. The Morgan fingerprint density at radius 2 is 0.460 bits per heavy atom. The second-order valence-corrected chi connectivity index (χ2v) is 35.2. The molecule has 126 heavy (non-hydrogen) atoms. The molecule has 0 unspecified atom stereocenters. The molecule has 2 heterocycles. The molecule has 22 aromatic rings. The summed E-state index contributed by atoms with van der Waals surface area (Å²) in [7, 11) is 0. The lowest BCUT2D eigenvalue weighted by Crippen LogP contribution is -2.16. The molecule has 0 fully saturated rings. The highest BCUT2D eigenvalue weighted by Gasteiger charge is 2.38. The van der Waals surface area contributed by atoms with E-state index in [-0.39, 0.29) is 10.8 Å². The van der Waals surface area contributed by atoms with Crippen molar-refractivity contribution >= 4 is 99.3 Å². The maximum absolute atomic E-state index is 2.46. The van der Waals surface area contributed by atoms with E-state index in [1.807, 2.05) is 0 Å². The molecule has 0 radical (unpaired) electrons. The molecule has 0 aliphatic heterocycles. The number of anilines is 6. The highest BCUT2D eigenvalue weighted by molar-refractivity contribution is 6.12. The van der Waals surface area contributed by atoms with Gasteiger partial charge in [-0.1, -0.05) is 319 Å². The van der Waals surface area contributed by atoms with E-state index in [9.17, 15) is 0 Å². The van der Waals surface area contributed by atoms with Gasteiger partial charge in [0.15, 0.2) is 0 Å². The Labute approximate surface area is 734 Å². The van der Waals surface area contributed by atoms with Crippen molar-refractivity contribution in [3.8, 4) is 112 Å². The van der Waals surface area contributed by atoms with Gasteiger partial charge < -0.3 is 18.9 Å². The molecule has 0 spiro atoms. The molecule has 0 saturated carbocycles. The lowest BCUT2D eigenvalue weighted by Gasteiger charge is -2.28. The molecule has 4 heteroatoms. The van der Waals surface area contributed by atoms with E-state index in [4.69, 9.17) is 0 Å². The maximum atomic E-state index is 2.46. The van der Waals surface area contributed by atoms with Crippen LogP contribution in [-0.2, 0) is 10.8 Å². The molecule has 0 bridgehead atoms. The molecule has 24 rings (SSSR count). The largest absolute Gasteiger partial charge is 0.310 e. The van der Waals surface area contributed by atoms with Crippen LogP contribution in [0.4, 0.5) is 34.1 Å². The van der Waals surface area contributed by atoms with Crippen LogP contribution in [0.15, 0.2) is 449 Å². The van der Waals surface area contributed by atoms with Crippen molar-refractivity contribution in [2.24, 2.45) is 0 Å². The summed E-state index contributed by atoms with van der Waals surface area (Å²) in [6, 6.07) is 167. The van der Waals surface area contributed by atoms with Crippen LogP contribution in [-0.4, -0.2) is 9.13 Å². The molecule has 2 aliphatic carbocycles. The Hall–Kier alpha value is -15.9. The van der Waals surface area contributed by atoms with Gasteiger partial charge in [0.2, 0.25) is 0 Å². The van der Waals surface area contributed by atoms with E-state index in [0.29, 0.717) is 0 Å². The van der Waals surface area contributed by atoms with Crippen LogP contribution in [0.2, 0.25) is 0 Å². The number of para-hydroxylation sites is 4. The van der Waals surface area contributed by atoms with Crippen molar-refractivity contribution in [3.63, 3.8) is 0 Å². The van der Waals surface area contributed by atoms with Crippen LogP contribution in [0.25, 0.3) is 177 Å². The quantitative estimate of drug-likeness (QED) is 0.102. The first-order chi connectivity index (χ1) is 61.9. The number of hydrogen-bond donors (Lipinski definition) is 0. The molecule has 0 atom stereocenters. The number of fused-ring (bicyclic) bond motifs is 14. The Morgan fingerprint density at radius 1 is 0.167 bits per heavy atom. The minimum absolute atomic E-state index is 0.164. The number of hydrogen-bond acceptors (Lipinski definition) is 2. The Bertz CT molecular complexity index is 8090. The lowest BCUT2D eigenvalue weighted by molar-refractivity contribution is 0.660. The van der Waals surface area contributed by atoms with Crippen LogP contribution in [0, 0.1) is 0 Å². The number of nitrogens with zero attached hydrogens (tertiary/aromatic N) is 4. The first kappa shape index (κ1) is 74.0. The standard InChI is InChI=1S/C122H86N4/c1-121(2)113-31-16-13-28-105(113)107-66-64-104(78-115(107)121)124(101-58-48-83(49-59-101)81-36-40-85(41-37-81)95-55-69-120-112(75-95)110-30-15-18-33-118(110)126(120)98-26-9-6-10-27-98)102-62-52-92-72-91(44-45-93(92)73-102)88-22-19-23-89(71-88)96-53-65-106-108-67-63-103(77-116(108)122(3,4)114(106)76-96)123(100-60-50-86(51-61-100)90-43-42-79-20-11-12-21-87(79)70-90)99-56-46-82(47-57-99)80-34-38-84(39-35-80)94-54-68-119-111(74-94)109-29-14-17-32-117(109)125(119)97-24-7-5-8-25-97/h5-78H,1-4H3. The number of rotatable bonds is 15. The normalized spacial score (nSPS) is 12.9. The summed E-state index contributed by atoms with van der Waals surface area (Å²) in [5.41, 5.74) is 40.4. The summed E-state index contributed by atoms with van der Waals surface area (Å²) in [5, 5.41) is 9.84. The zero-order valence-electron chi connectivity index (χ0n) is 70.5. The number of aromatic nitrogens is 2. The third-order valence-corrected chi connectivity index (χ3v) is 27.3. The molecule has 20 aromatic carbocycles. The van der Waals surface area contributed by atoms with Crippen LogP contribution < -0.4 is 9.80 Å². The summed E-state index contributed by atoms with van der Waals surface area (Å²) in [5.74, 6) is 0. The fourth-order valence-electron chi connectivity index (χ4n) is 20.7. The third-order valence-electron chi connectivity index (χ3n) is 27.3. The molecular formula is C122H86N4. The lowest BCUT2D eigenvalue weighted by atomic mass is 9.81. The summed E-state index contributed by atoms with van der Waals surface area (Å²) in [6.45, 7) is 9.55. The first-order valence-electron chi connectivity index (χ1n) is 43.9. The predicted octanol–water partition coefficient (Wildman–Crippen LogP) is 33.4. The van der Waals surface area contributed by atoms with Gasteiger partial charge in [-0.3, -0.25) is 0 Å². The fraction of sp³-hybridized carbons (Fsp3) is 0.0492. The molecule has 2 aliphatic rings. The minimum atomic E-state index is -0.304. The van der Waals surface area contributed by atoms with E-state index in [1.54, 1.807) is 0 Å². The van der Waals surface area contributed by atoms with Crippen LogP contribution in [0.3, 0.4) is 0 Å². The molecule has 594 valence electrons. The van der Waals surface area contributed by atoms with Gasteiger partial charge in [0, 0.05) is 77.9 Å². The highest BCUT2D eigenvalue weighted by Crippen LogP contribution is 2.55. The van der Waals surface area contributed by atoms with Gasteiger partial charge in [0.05, 0.1) is 22.1 Å². The van der Waals surface area contributed by atoms with Gasteiger partial charge in [-0.25, -0.2) is 0 Å². The molecular weight excluding hydrogens is 1520 g/mol. The first-order valence-corrected chi connectivity index (χ1v) is 43.9. The van der Waals surface area contributed by atoms with Gasteiger partial charge in [0.1, 0.15) is 0 Å². The Kier molecular flexibility index (Phi) is 17.3. The second-order valence-electron chi connectivity index (χ2n) is 35.2. The summed E-state index contributed by atoms with van der Waals surface area (Å²) >= 11 is 0. The molecule has 4 nitrogen and oxygen atoms in total. The van der Waals surface area contributed by atoms with Gasteiger partial charge in [-0.15, -0.1) is 0 Å². The molecule has 2 aromatic heterocycles. The molecule has 0 N–H and O–H groups in total. The SMILES string of the molecule is CC1(C)c2ccccc2-c2ccc(N(c3ccc(-c4ccc(-c5ccc6c(c5)c5ccccc5n6-c5ccccc5)cc4)cc3)c3ccc4cc(-c5cccc(-c6ccc7c(c6)C(C)(C)c6cc(N(c8ccc(-c9ccc(-c%10ccc%11c(c%10)c%10ccccc%10n%11-c%10ccccc%10)cc9)cc8)c8ccc(-c9ccc%10ccccc%10c9)cc8)ccc6-7)c5)ccc4c3)cc21. The monoisotopic (exact) mass is 1610 g/mol.